The van der Waals surface area contributed by atoms with Gasteiger partial charge in [-0.25, -0.2) is 0 Å². The number of allylic oxidation sites excluding steroid dienone is 11. The molecule has 7 unspecified atom stereocenters. The van der Waals surface area contributed by atoms with Gasteiger partial charge in [0.25, 0.3) is 0 Å². The maximum atomic E-state index is 13.0. The second-order valence-electron chi connectivity index (χ2n) is 21.0. The minimum Gasteiger partial charge on any atom is -0.466 e. The molecule has 0 aromatic rings. The van der Waals surface area contributed by atoms with Gasteiger partial charge in [0.2, 0.25) is 5.91 Å². The lowest BCUT2D eigenvalue weighted by atomic mass is 9.99. The van der Waals surface area contributed by atoms with E-state index < -0.39 is 49.5 Å². The SMILES string of the molecule is C/C=C/CC/C=C/CC/C=C/C(O)C(COC1OC(CO)C(O)C(O)C1O)NC(=O)CCCCCCCCC/C=C\CCCCCCCCCCCOC(=O)CCCCCCCCC/C=C\C/C=C\CCCCCC. The van der Waals surface area contributed by atoms with E-state index in [4.69, 9.17) is 14.2 Å². The van der Waals surface area contributed by atoms with Crippen molar-refractivity contribution in [2.75, 3.05) is 19.8 Å². The monoisotopic (exact) mass is 1060 g/mol. The number of nitrogens with one attached hydrogen (secondary N) is 1. The molecule has 1 saturated heterocycles. The van der Waals surface area contributed by atoms with Crippen LogP contribution < -0.4 is 5.32 Å². The molecule has 0 bridgehead atoms. The van der Waals surface area contributed by atoms with Crippen LogP contribution in [0, 0.1) is 0 Å². The van der Waals surface area contributed by atoms with Crippen LogP contribution in [0.1, 0.15) is 258 Å². The predicted molar refractivity (Wildman–Crippen MR) is 310 cm³/mol. The van der Waals surface area contributed by atoms with Gasteiger partial charge in [0.1, 0.15) is 24.4 Å². The van der Waals surface area contributed by atoms with E-state index in [0.717, 1.165) is 83.5 Å². The first-order valence-electron chi connectivity index (χ1n) is 30.7. The smallest absolute Gasteiger partial charge is 0.305 e. The molecule has 1 rings (SSSR count). The largest absolute Gasteiger partial charge is 0.466 e. The van der Waals surface area contributed by atoms with Crippen LogP contribution in [0.2, 0.25) is 0 Å². The minimum absolute atomic E-state index is 0.0171. The van der Waals surface area contributed by atoms with Gasteiger partial charge in [-0.1, -0.05) is 208 Å². The molecule has 1 heterocycles. The van der Waals surface area contributed by atoms with Gasteiger partial charge in [0.05, 0.1) is 32.0 Å². The molecule has 0 aromatic heterocycles. The fourth-order valence-electron chi connectivity index (χ4n) is 9.20. The Kier molecular flexibility index (Phi) is 49.7. The van der Waals surface area contributed by atoms with Crippen molar-refractivity contribution in [1.82, 2.24) is 5.32 Å². The first-order valence-corrected chi connectivity index (χ1v) is 30.7. The summed E-state index contributed by atoms with van der Waals surface area (Å²) in [6, 6.07) is -0.841. The first kappa shape index (κ1) is 70.1. The number of aliphatic hydroxyl groups is 5. The Morgan fingerprint density at radius 3 is 1.48 bits per heavy atom. The van der Waals surface area contributed by atoms with E-state index in [0.29, 0.717) is 25.9 Å². The van der Waals surface area contributed by atoms with Crippen molar-refractivity contribution in [3.05, 3.63) is 72.9 Å². The highest BCUT2D eigenvalue weighted by Gasteiger charge is 2.44. The molecule has 0 saturated carbocycles. The maximum absolute atomic E-state index is 13.0. The third-order valence-electron chi connectivity index (χ3n) is 14.1. The summed E-state index contributed by atoms with van der Waals surface area (Å²) in [5.74, 6) is -0.227. The zero-order valence-corrected chi connectivity index (χ0v) is 47.7. The second kappa shape index (κ2) is 53.1. The van der Waals surface area contributed by atoms with E-state index in [9.17, 15) is 35.1 Å². The molecule has 75 heavy (non-hydrogen) atoms. The van der Waals surface area contributed by atoms with E-state index in [1.54, 1.807) is 6.08 Å². The van der Waals surface area contributed by atoms with Gasteiger partial charge < -0.3 is 45.1 Å². The number of rotatable bonds is 52. The molecule has 11 nitrogen and oxygen atoms in total. The Bertz CT molecular complexity index is 1470. The molecule has 0 radical (unpaired) electrons. The molecule has 1 fully saturated rings. The first-order chi connectivity index (χ1) is 36.7. The van der Waals surface area contributed by atoms with Gasteiger partial charge in [-0.05, 0) is 110 Å². The van der Waals surface area contributed by atoms with E-state index in [1.807, 2.05) is 19.1 Å². The summed E-state index contributed by atoms with van der Waals surface area (Å²) in [6.45, 7) is 4.04. The predicted octanol–water partition coefficient (Wildman–Crippen LogP) is 14.4. The van der Waals surface area contributed by atoms with Crippen LogP contribution >= 0.6 is 0 Å². The zero-order chi connectivity index (χ0) is 54.5. The molecule has 1 amide bonds. The topological polar surface area (TPSA) is 175 Å². The van der Waals surface area contributed by atoms with Crippen molar-refractivity contribution in [3.8, 4) is 0 Å². The summed E-state index contributed by atoms with van der Waals surface area (Å²) in [6.07, 6.45) is 60.3. The third kappa shape index (κ3) is 42.8. The molecule has 11 heteroatoms. The van der Waals surface area contributed by atoms with Gasteiger partial charge in [-0.15, -0.1) is 0 Å². The zero-order valence-electron chi connectivity index (χ0n) is 47.7. The molecule has 1 aliphatic heterocycles. The Balaban J connectivity index is 2.01. The van der Waals surface area contributed by atoms with Crippen LogP contribution in [-0.4, -0.2) is 100 Å². The Hall–Kier alpha value is -2.90. The number of aliphatic hydroxyl groups excluding tert-OH is 5. The van der Waals surface area contributed by atoms with Crippen molar-refractivity contribution in [3.63, 3.8) is 0 Å². The normalized spacial score (nSPS) is 19.3. The average Bonchev–Trinajstić information content (AvgIpc) is 3.41. The molecule has 0 spiro atoms. The fourth-order valence-corrected chi connectivity index (χ4v) is 9.20. The highest BCUT2D eigenvalue weighted by atomic mass is 16.7. The molecular weight excluding hydrogens is 943 g/mol. The summed E-state index contributed by atoms with van der Waals surface area (Å²) >= 11 is 0. The summed E-state index contributed by atoms with van der Waals surface area (Å²) < 4.78 is 16.7. The number of hydrogen-bond donors (Lipinski definition) is 6. The summed E-state index contributed by atoms with van der Waals surface area (Å²) in [7, 11) is 0. The van der Waals surface area contributed by atoms with E-state index >= 15 is 0 Å². The number of carbonyl (C=O) groups is 2. The minimum atomic E-state index is -1.58. The van der Waals surface area contributed by atoms with Gasteiger partial charge in [-0.2, -0.15) is 0 Å². The fraction of sp³-hybridized carbons (Fsp3) is 0.781. The van der Waals surface area contributed by atoms with Crippen LogP contribution in [0.3, 0.4) is 0 Å². The quantitative estimate of drug-likeness (QED) is 0.0195. The van der Waals surface area contributed by atoms with Crippen molar-refractivity contribution >= 4 is 11.9 Å². The van der Waals surface area contributed by atoms with Crippen LogP contribution in [0.25, 0.3) is 0 Å². The molecule has 6 N–H and O–H groups in total. The number of ether oxygens (including phenoxy) is 3. The molecular formula is C64H113NO10. The van der Waals surface area contributed by atoms with E-state index in [2.05, 4.69) is 66.9 Å². The summed E-state index contributed by atoms with van der Waals surface area (Å²) in [5.41, 5.74) is 0. The Morgan fingerprint density at radius 2 is 0.960 bits per heavy atom. The van der Waals surface area contributed by atoms with Crippen LogP contribution in [0.4, 0.5) is 0 Å². The molecule has 0 aliphatic carbocycles. The molecule has 7 atom stereocenters. The van der Waals surface area contributed by atoms with Crippen LogP contribution in [0.5, 0.6) is 0 Å². The lowest BCUT2D eigenvalue weighted by Crippen LogP contribution is -2.60. The van der Waals surface area contributed by atoms with Crippen molar-refractivity contribution in [2.24, 2.45) is 0 Å². The highest BCUT2D eigenvalue weighted by molar-refractivity contribution is 5.76. The van der Waals surface area contributed by atoms with Gasteiger partial charge in [0.15, 0.2) is 6.29 Å². The van der Waals surface area contributed by atoms with Gasteiger partial charge in [0, 0.05) is 12.8 Å². The number of carbonyl (C=O) groups excluding carboxylic acids is 2. The number of esters is 1. The number of hydrogen-bond acceptors (Lipinski definition) is 10. The standard InChI is InChI=1S/C64H113NO10/c1-3-5-7-9-11-13-14-15-16-17-23-26-29-32-36-40-44-48-52-60(69)73-53-49-45-41-37-33-30-27-24-21-19-18-20-22-25-28-31-35-39-43-47-51-59(68)65-56(57(67)50-46-42-38-34-12-10-8-6-4-2)55-74-64-63(72)62(71)61(70)58(54-66)75-64/h4,6,12-14,16-18,20,34,46,50,56-58,61-64,66-67,70-72H,3,5,7-11,15,19,21-33,35-45,47-49,51-55H2,1-2H3,(H,65,68)/b6-4+,14-13-,17-16-,20-18-,34-12+,50-46+. The van der Waals surface area contributed by atoms with Crippen LogP contribution in [0.15, 0.2) is 72.9 Å². The number of amides is 1. The van der Waals surface area contributed by atoms with E-state index in [-0.39, 0.29) is 18.5 Å². The third-order valence-corrected chi connectivity index (χ3v) is 14.1. The second-order valence-corrected chi connectivity index (χ2v) is 21.0. The lowest BCUT2D eigenvalue weighted by Gasteiger charge is -2.40. The number of unbranched alkanes of at least 4 members (excludes halogenated alkanes) is 29. The molecule has 434 valence electrons. The van der Waals surface area contributed by atoms with Crippen molar-refractivity contribution in [1.29, 1.82) is 0 Å². The van der Waals surface area contributed by atoms with Crippen molar-refractivity contribution < 1.29 is 49.3 Å². The Morgan fingerprint density at radius 1 is 0.520 bits per heavy atom. The van der Waals surface area contributed by atoms with E-state index in [1.165, 1.54) is 141 Å². The Labute approximate surface area is 458 Å². The summed E-state index contributed by atoms with van der Waals surface area (Å²) in [5, 5.41) is 54.1. The molecule has 0 aromatic carbocycles. The van der Waals surface area contributed by atoms with Crippen molar-refractivity contribution in [2.45, 2.75) is 301 Å². The molecule has 1 aliphatic rings. The highest BCUT2D eigenvalue weighted by Crippen LogP contribution is 2.23. The van der Waals surface area contributed by atoms with Gasteiger partial charge in [-0.3, -0.25) is 9.59 Å². The maximum Gasteiger partial charge on any atom is 0.305 e. The van der Waals surface area contributed by atoms with Crippen LogP contribution in [-0.2, 0) is 23.8 Å². The summed E-state index contributed by atoms with van der Waals surface area (Å²) in [4.78, 5) is 25.1. The average molecular weight is 1060 g/mol. The lowest BCUT2D eigenvalue weighted by molar-refractivity contribution is -0.302. The van der Waals surface area contributed by atoms with Gasteiger partial charge >= 0.3 is 5.97 Å².